The van der Waals surface area contributed by atoms with Gasteiger partial charge in [-0.1, -0.05) is 48.9 Å². The van der Waals surface area contributed by atoms with E-state index in [1.54, 1.807) is 12.1 Å². The normalized spacial score (nSPS) is 11.8. The average Bonchev–Trinajstić information content (AvgIpc) is 2.53. The van der Waals surface area contributed by atoms with Gasteiger partial charge in [-0.15, -0.1) is 0 Å². The number of amides is 1. The van der Waals surface area contributed by atoms with Gasteiger partial charge >= 0.3 is 0 Å². The van der Waals surface area contributed by atoms with E-state index in [0.717, 1.165) is 5.56 Å². The van der Waals surface area contributed by atoms with Crippen LogP contribution in [0.5, 0.6) is 5.75 Å². The van der Waals surface area contributed by atoms with E-state index in [0.29, 0.717) is 13.0 Å². The van der Waals surface area contributed by atoms with Crippen LogP contribution in [0.3, 0.4) is 0 Å². The fourth-order valence-corrected chi connectivity index (χ4v) is 2.02. The molecule has 0 fully saturated rings. The molecule has 0 unspecified atom stereocenters. The number of halogens is 1. The summed E-state index contributed by atoms with van der Waals surface area (Å²) in [4.78, 5) is 12.2. The first-order valence-electron chi connectivity index (χ1n) is 7.34. The Bertz CT molecular complexity index is 625. The predicted molar refractivity (Wildman–Crippen MR) is 84.1 cm³/mol. The van der Waals surface area contributed by atoms with Crippen LogP contribution in [0.15, 0.2) is 48.5 Å². The van der Waals surface area contributed by atoms with E-state index in [4.69, 9.17) is 4.74 Å². The number of nitrogens with one attached hydrogen (secondary N) is 1. The first kappa shape index (κ1) is 16.0. The Labute approximate surface area is 130 Å². The summed E-state index contributed by atoms with van der Waals surface area (Å²) in [7, 11) is 0. The van der Waals surface area contributed by atoms with E-state index < -0.39 is 11.9 Å². The van der Waals surface area contributed by atoms with E-state index in [9.17, 15) is 9.18 Å². The van der Waals surface area contributed by atoms with Gasteiger partial charge in [-0.25, -0.2) is 4.39 Å². The first-order chi connectivity index (χ1) is 10.6. The largest absolute Gasteiger partial charge is 0.478 e. The van der Waals surface area contributed by atoms with Crippen LogP contribution in [-0.4, -0.2) is 12.0 Å². The molecule has 0 aliphatic carbocycles. The monoisotopic (exact) mass is 301 g/mol. The summed E-state index contributed by atoms with van der Waals surface area (Å²) in [6.07, 6.45) is -0.240. The number of rotatable bonds is 6. The van der Waals surface area contributed by atoms with Crippen molar-refractivity contribution in [2.75, 3.05) is 0 Å². The van der Waals surface area contributed by atoms with Crippen molar-refractivity contribution in [3.63, 3.8) is 0 Å². The van der Waals surface area contributed by atoms with Crippen molar-refractivity contribution in [2.45, 2.75) is 32.9 Å². The summed E-state index contributed by atoms with van der Waals surface area (Å²) in [5.41, 5.74) is 2.18. The Balaban J connectivity index is 1.94. The highest BCUT2D eigenvalue weighted by Gasteiger charge is 2.19. The molecule has 0 aliphatic rings. The maximum Gasteiger partial charge on any atom is 0.261 e. The van der Waals surface area contributed by atoms with Crippen molar-refractivity contribution in [3.05, 3.63) is 65.5 Å². The Kier molecular flexibility index (Phi) is 5.53. The molecule has 22 heavy (non-hydrogen) atoms. The second-order valence-electron chi connectivity index (χ2n) is 5.15. The number of hydrogen-bond acceptors (Lipinski definition) is 2. The van der Waals surface area contributed by atoms with Gasteiger partial charge < -0.3 is 10.1 Å². The van der Waals surface area contributed by atoms with Gasteiger partial charge in [0.15, 0.2) is 17.7 Å². The van der Waals surface area contributed by atoms with Crippen LogP contribution in [0, 0.1) is 12.7 Å². The molecule has 3 nitrogen and oxygen atoms in total. The average molecular weight is 301 g/mol. The van der Waals surface area contributed by atoms with Crippen LogP contribution >= 0.6 is 0 Å². The van der Waals surface area contributed by atoms with Crippen LogP contribution in [0.25, 0.3) is 0 Å². The van der Waals surface area contributed by atoms with Crippen molar-refractivity contribution in [1.82, 2.24) is 5.32 Å². The number of para-hydroxylation sites is 1. The molecule has 0 saturated heterocycles. The highest BCUT2D eigenvalue weighted by molar-refractivity contribution is 5.81. The molecule has 4 heteroatoms. The van der Waals surface area contributed by atoms with E-state index in [1.165, 1.54) is 17.7 Å². The van der Waals surface area contributed by atoms with E-state index in [2.05, 4.69) is 5.32 Å². The van der Waals surface area contributed by atoms with Gasteiger partial charge in [0.2, 0.25) is 0 Å². The van der Waals surface area contributed by atoms with Gasteiger partial charge in [-0.3, -0.25) is 4.79 Å². The molecular weight excluding hydrogens is 281 g/mol. The maximum atomic E-state index is 13.6. The Morgan fingerprint density at radius 2 is 1.86 bits per heavy atom. The summed E-state index contributed by atoms with van der Waals surface area (Å²) in [6.45, 7) is 4.27. The molecule has 0 spiro atoms. The fourth-order valence-electron chi connectivity index (χ4n) is 2.02. The summed E-state index contributed by atoms with van der Waals surface area (Å²) >= 11 is 0. The van der Waals surface area contributed by atoms with Crippen LogP contribution in [-0.2, 0) is 11.3 Å². The van der Waals surface area contributed by atoms with Crippen LogP contribution < -0.4 is 10.1 Å². The minimum atomic E-state index is -0.706. The van der Waals surface area contributed by atoms with Crippen molar-refractivity contribution >= 4 is 5.91 Å². The summed E-state index contributed by atoms with van der Waals surface area (Å²) < 4.78 is 19.1. The minimum absolute atomic E-state index is 0.0971. The number of carbonyl (C=O) groups is 1. The minimum Gasteiger partial charge on any atom is -0.478 e. The SMILES string of the molecule is CC[C@@H](Oc1ccccc1F)C(=O)NCc1ccc(C)cc1. The molecule has 0 saturated carbocycles. The topological polar surface area (TPSA) is 38.3 Å². The zero-order valence-corrected chi connectivity index (χ0v) is 12.8. The van der Waals surface area contributed by atoms with E-state index >= 15 is 0 Å². The Morgan fingerprint density at radius 3 is 2.50 bits per heavy atom. The summed E-state index contributed by atoms with van der Waals surface area (Å²) in [5.74, 6) is -0.613. The zero-order valence-electron chi connectivity index (χ0n) is 12.8. The Morgan fingerprint density at radius 1 is 1.18 bits per heavy atom. The third-order valence-corrected chi connectivity index (χ3v) is 3.36. The van der Waals surface area contributed by atoms with Crippen molar-refractivity contribution in [1.29, 1.82) is 0 Å². The van der Waals surface area contributed by atoms with E-state index in [1.807, 2.05) is 38.1 Å². The lowest BCUT2D eigenvalue weighted by atomic mass is 10.1. The van der Waals surface area contributed by atoms with Gasteiger partial charge in [0, 0.05) is 6.54 Å². The van der Waals surface area contributed by atoms with Gasteiger partial charge in [0.1, 0.15) is 0 Å². The molecule has 1 amide bonds. The predicted octanol–water partition coefficient (Wildman–Crippen LogP) is 3.61. The van der Waals surface area contributed by atoms with Crippen LogP contribution in [0.1, 0.15) is 24.5 Å². The number of aryl methyl sites for hydroxylation is 1. The third-order valence-electron chi connectivity index (χ3n) is 3.36. The zero-order chi connectivity index (χ0) is 15.9. The lowest BCUT2D eigenvalue weighted by molar-refractivity contribution is -0.128. The molecule has 2 aromatic rings. The summed E-state index contributed by atoms with van der Waals surface area (Å²) in [6, 6.07) is 14.0. The van der Waals surface area contributed by atoms with Gasteiger partial charge in [-0.05, 0) is 31.0 Å². The highest BCUT2D eigenvalue weighted by Crippen LogP contribution is 2.18. The van der Waals surface area contributed by atoms with Crippen LogP contribution in [0.4, 0.5) is 4.39 Å². The maximum absolute atomic E-state index is 13.6. The molecule has 0 aromatic heterocycles. The highest BCUT2D eigenvalue weighted by atomic mass is 19.1. The summed E-state index contributed by atoms with van der Waals surface area (Å²) in [5, 5.41) is 2.82. The third kappa shape index (κ3) is 4.32. The van der Waals surface area contributed by atoms with Gasteiger partial charge in [0.05, 0.1) is 0 Å². The lowest BCUT2D eigenvalue weighted by Crippen LogP contribution is -2.37. The van der Waals surface area contributed by atoms with Crippen molar-refractivity contribution < 1.29 is 13.9 Å². The smallest absolute Gasteiger partial charge is 0.261 e. The first-order valence-corrected chi connectivity index (χ1v) is 7.34. The second-order valence-corrected chi connectivity index (χ2v) is 5.15. The molecule has 116 valence electrons. The Hall–Kier alpha value is -2.36. The fraction of sp³-hybridized carbons (Fsp3) is 0.278. The number of ether oxygens (including phenoxy) is 1. The molecule has 1 N–H and O–H groups in total. The molecule has 2 rings (SSSR count). The van der Waals surface area contributed by atoms with Gasteiger partial charge in [-0.2, -0.15) is 0 Å². The molecule has 1 atom stereocenters. The van der Waals surface area contributed by atoms with Gasteiger partial charge in [0.25, 0.3) is 5.91 Å². The van der Waals surface area contributed by atoms with Crippen molar-refractivity contribution in [2.24, 2.45) is 0 Å². The standard InChI is InChI=1S/C18H20FNO2/c1-3-16(22-17-7-5-4-6-15(17)19)18(21)20-12-14-10-8-13(2)9-11-14/h4-11,16H,3,12H2,1-2H3,(H,20,21)/t16-/m1/s1. The number of hydrogen-bond donors (Lipinski definition) is 1. The molecule has 0 aliphatic heterocycles. The molecule has 0 bridgehead atoms. The lowest BCUT2D eigenvalue weighted by Gasteiger charge is -2.17. The molecule has 0 radical (unpaired) electrons. The number of carbonyl (C=O) groups excluding carboxylic acids is 1. The molecular formula is C18H20FNO2. The second kappa shape index (κ2) is 7.59. The number of benzene rings is 2. The quantitative estimate of drug-likeness (QED) is 0.885. The van der Waals surface area contributed by atoms with Crippen molar-refractivity contribution in [3.8, 4) is 5.75 Å². The molecule has 2 aromatic carbocycles. The molecule has 0 heterocycles. The van der Waals surface area contributed by atoms with E-state index in [-0.39, 0.29) is 11.7 Å². The van der Waals surface area contributed by atoms with Crippen LogP contribution in [0.2, 0.25) is 0 Å².